The number of likely N-dealkylation sites (tertiary alicyclic amines) is 1. The fraction of sp³-hybridized carbons (Fsp3) is 0.867. The van der Waals surface area contributed by atoms with Crippen LogP contribution in [0.4, 0.5) is 0 Å². The van der Waals surface area contributed by atoms with Crippen LogP contribution in [-0.4, -0.2) is 35.5 Å². The highest BCUT2D eigenvalue weighted by atomic mass is 16.3. The lowest BCUT2D eigenvalue weighted by atomic mass is 9.87. The highest BCUT2D eigenvalue weighted by molar-refractivity contribution is 5.79. The molecule has 2 fully saturated rings. The Morgan fingerprint density at radius 2 is 1.68 bits per heavy atom. The Kier molecular flexibility index (Phi) is 7.53. The molecular formula is C15H27NO3. The number of amides is 1. The SMILES string of the molecule is CCC1CCN(C(=O)C2CCCCC2)CC1.O=CO. The average Bonchev–Trinajstić information content (AvgIpc) is 2.48. The molecule has 0 spiro atoms. The van der Waals surface area contributed by atoms with Gasteiger partial charge in [-0.2, -0.15) is 0 Å². The van der Waals surface area contributed by atoms with Gasteiger partial charge in [0.2, 0.25) is 5.91 Å². The Balaban J connectivity index is 0.000000550. The third kappa shape index (κ3) is 5.21. The normalized spacial score (nSPS) is 21.4. The van der Waals surface area contributed by atoms with Gasteiger partial charge in [0.15, 0.2) is 0 Å². The second kappa shape index (κ2) is 8.94. The van der Waals surface area contributed by atoms with Crippen LogP contribution in [0.25, 0.3) is 0 Å². The maximum atomic E-state index is 12.3. The molecule has 1 saturated heterocycles. The van der Waals surface area contributed by atoms with Crippen LogP contribution in [-0.2, 0) is 9.59 Å². The number of rotatable bonds is 2. The standard InChI is InChI=1S/C14H25NO.CH2O2/c1-2-12-8-10-15(11-9-12)14(16)13-6-4-3-5-7-13;2-1-3/h12-13H,2-11H2,1H3;1H,(H,2,3). The van der Waals surface area contributed by atoms with Crippen molar-refractivity contribution in [3.8, 4) is 0 Å². The number of carbonyl (C=O) groups excluding carboxylic acids is 1. The van der Waals surface area contributed by atoms with Gasteiger partial charge < -0.3 is 10.0 Å². The molecule has 1 aliphatic carbocycles. The molecule has 4 nitrogen and oxygen atoms in total. The van der Waals surface area contributed by atoms with Crippen LogP contribution in [0.5, 0.6) is 0 Å². The average molecular weight is 269 g/mol. The maximum absolute atomic E-state index is 12.3. The predicted octanol–water partition coefficient (Wildman–Crippen LogP) is 2.92. The zero-order valence-electron chi connectivity index (χ0n) is 12.0. The first-order chi connectivity index (χ1) is 9.22. The monoisotopic (exact) mass is 269 g/mol. The zero-order valence-corrected chi connectivity index (χ0v) is 12.0. The van der Waals surface area contributed by atoms with Gasteiger partial charge in [-0.15, -0.1) is 0 Å². The van der Waals surface area contributed by atoms with Gasteiger partial charge in [-0.05, 0) is 31.6 Å². The summed E-state index contributed by atoms with van der Waals surface area (Å²) < 4.78 is 0. The maximum Gasteiger partial charge on any atom is 0.290 e. The Morgan fingerprint density at radius 1 is 1.16 bits per heavy atom. The van der Waals surface area contributed by atoms with Gasteiger partial charge in [0, 0.05) is 19.0 Å². The van der Waals surface area contributed by atoms with E-state index in [0.717, 1.165) is 31.8 Å². The third-order valence-electron chi connectivity index (χ3n) is 4.46. The molecule has 1 amide bonds. The van der Waals surface area contributed by atoms with E-state index >= 15 is 0 Å². The molecule has 0 unspecified atom stereocenters. The molecule has 1 heterocycles. The minimum atomic E-state index is -0.250. The molecule has 1 saturated carbocycles. The van der Waals surface area contributed by atoms with E-state index in [1.165, 1.54) is 38.5 Å². The number of carboxylic acid groups (broad SMARTS) is 1. The summed E-state index contributed by atoms with van der Waals surface area (Å²) in [4.78, 5) is 22.8. The highest BCUT2D eigenvalue weighted by Crippen LogP contribution is 2.28. The van der Waals surface area contributed by atoms with E-state index in [1.54, 1.807) is 0 Å². The minimum absolute atomic E-state index is 0.250. The van der Waals surface area contributed by atoms with Crippen molar-refractivity contribution in [1.29, 1.82) is 0 Å². The molecule has 2 rings (SSSR count). The smallest absolute Gasteiger partial charge is 0.290 e. The van der Waals surface area contributed by atoms with E-state index in [4.69, 9.17) is 9.90 Å². The molecule has 2 aliphatic rings. The largest absolute Gasteiger partial charge is 0.483 e. The van der Waals surface area contributed by atoms with Crippen molar-refractivity contribution in [1.82, 2.24) is 4.90 Å². The molecule has 0 atom stereocenters. The van der Waals surface area contributed by atoms with Crippen LogP contribution in [0, 0.1) is 11.8 Å². The minimum Gasteiger partial charge on any atom is -0.483 e. The second-order valence-corrected chi connectivity index (χ2v) is 5.62. The summed E-state index contributed by atoms with van der Waals surface area (Å²) in [6, 6.07) is 0. The Bertz CT molecular complexity index is 267. The van der Waals surface area contributed by atoms with Gasteiger partial charge >= 0.3 is 0 Å². The van der Waals surface area contributed by atoms with Crippen LogP contribution in [0.3, 0.4) is 0 Å². The van der Waals surface area contributed by atoms with Crippen molar-refractivity contribution in [2.24, 2.45) is 11.8 Å². The van der Waals surface area contributed by atoms with E-state index in [9.17, 15) is 4.79 Å². The molecule has 0 aromatic carbocycles. The van der Waals surface area contributed by atoms with Crippen molar-refractivity contribution in [3.05, 3.63) is 0 Å². The summed E-state index contributed by atoms with van der Waals surface area (Å²) in [5.74, 6) is 1.71. The number of hydrogen-bond acceptors (Lipinski definition) is 2. The molecule has 0 aromatic rings. The van der Waals surface area contributed by atoms with Crippen molar-refractivity contribution in [2.75, 3.05) is 13.1 Å². The second-order valence-electron chi connectivity index (χ2n) is 5.62. The van der Waals surface area contributed by atoms with Crippen LogP contribution in [0.15, 0.2) is 0 Å². The topological polar surface area (TPSA) is 57.6 Å². The van der Waals surface area contributed by atoms with Gasteiger partial charge in [0.25, 0.3) is 6.47 Å². The van der Waals surface area contributed by atoms with E-state index in [2.05, 4.69) is 11.8 Å². The van der Waals surface area contributed by atoms with Crippen molar-refractivity contribution in [2.45, 2.75) is 58.3 Å². The summed E-state index contributed by atoms with van der Waals surface area (Å²) in [5.41, 5.74) is 0. The summed E-state index contributed by atoms with van der Waals surface area (Å²) in [5, 5.41) is 6.89. The first-order valence-electron chi connectivity index (χ1n) is 7.59. The van der Waals surface area contributed by atoms with Crippen LogP contribution in [0.1, 0.15) is 58.3 Å². The molecule has 19 heavy (non-hydrogen) atoms. The van der Waals surface area contributed by atoms with Crippen LogP contribution >= 0.6 is 0 Å². The Morgan fingerprint density at radius 3 is 2.16 bits per heavy atom. The molecule has 0 radical (unpaired) electrons. The van der Waals surface area contributed by atoms with Gasteiger partial charge in [0.05, 0.1) is 0 Å². The molecule has 0 aromatic heterocycles. The molecule has 4 heteroatoms. The number of carbonyl (C=O) groups is 2. The van der Waals surface area contributed by atoms with E-state index in [-0.39, 0.29) is 6.47 Å². The van der Waals surface area contributed by atoms with Crippen molar-refractivity contribution in [3.63, 3.8) is 0 Å². The van der Waals surface area contributed by atoms with Gasteiger partial charge in [-0.3, -0.25) is 9.59 Å². The molecule has 0 bridgehead atoms. The van der Waals surface area contributed by atoms with Crippen LogP contribution in [0.2, 0.25) is 0 Å². The molecule has 1 N–H and O–H groups in total. The Labute approximate surface area is 116 Å². The van der Waals surface area contributed by atoms with E-state index < -0.39 is 0 Å². The number of piperidine rings is 1. The Hall–Kier alpha value is -1.06. The van der Waals surface area contributed by atoms with Crippen molar-refractivity contribution >= 4 is 12.4 Å². The first kappa shape index (κ1) is 16.0. The molecule has 110 valence electrons. The third-order valence-corrected chi connectivity index (χ3v) is 4.46. The van der Waals surface area contributed by atoms with E-state index in [1.807, 2.05) is 0 Å². The lowest BCUT2D eigenvalue weighted by Crippen LogP contribution is -2.42. The predicted molar refractivity (Wildman–Crippen MR) is 74.9 cm³/mol. The first-order valence-corrected chi connectivity index (χ1v) is 7.59. The highest BCUT2D eigenvalue weighted by Gasteiger charge is 2.28. The zero-order chi connectivity index (χ0) is 14.1. The number of hydrogen-bond donors (Lipinski definition) is 1. The van der Waals surface area contributed by atoms with Gasteiger partial charge in [-0.1, -0.05) is 32.6 Å². The summed E-state index contributed by atoms with van der Waals surface area (Å²) in [6.07, 6.45) is 9.90. The van der Waals surface area contributed by atoms with Crippen LogP contribution < -0.4 is 0 Å². The summed E-state index contributed by atoms with van der Waals surface area (Å²) >= 11 is 0. The molecular weight excluding hydrogens is 242 g/mol. The quantitative estimate of drug-likeness (QED) is 0.784. The lowest BCUT2D eigenvalue weighted by Gasteiger charge is -2.35. The summed E-state index contributed by atoms with van der Waals surface area (Å²) in [6.45, 7) is 4.06. The molecule has 1 aliphatic heterocycles. The van der Waals surface area contributed by atoms with Gasteiger partial charge in [0.1, 0.15) is 0 Å². The fourth-order valence-electron chi connectivity index (χ4n) is 3.17. The lowest BCUT2D eigenvalue weighted by molar-refractivity contribution is -0.138. The van der Waals surface area contributed by atoms with Crippen molar-refractivity contribution < 1.29 is 14.7 Å². The van der Waals surface area contributed by atoms with Gasteiger partial charge in [-0.25, -0.2) is 0 Å². The summed E-state index contributed by atoms with van der Waals surface area (Å²) in [7, 11) is 0. The fourth-order valence-corrected chi connectivity index (χ4v) is 3.17. The van der Waals surface area contributed by atoms with E-state index in [0.29, 0.717) is 11.8 Å². The number of nitrogens with zero attached hydrogens (tertiary/aromatic N) is 1.